The molecule has 2 aromatic rings. The first kappa shape index (κ1) is 26.3. The zero-order chi connectivity index (χ0) is 27.5. The van der Waals surface area contributed by atoms with Gasteiger partial charge in [0.05, 0.1) is 18.6 Å². The first-order valence-electron chi connectivity index (χ1n) is 12.2. The van der Waals surface area contributed by atoms with Gasteiger partial charge < -0.3 is 15.4 Å². The molecule has 11 heteroatoms. The fourth-order valence-electron chi connectivity index (χ4n) is 5.32. The summed E-state index contributed by atoms with van der Waals surface area (Å²) in [4.78, 5) is 19.5. The third kappa shape index (κ3) is 4.91. The summed E-state index contributed by atoms with van der Waals surface area (Å²) in [7, 11) is -1.69. The Labute approximate surface area is 219 Å². The van der Waals surface area contributed by atoms with E-state index in [1.807, 2.05) is 0 Å². The van der Waals surface area contributed by atoms with Crippen molar-refractivity contribution in [1.29, 1.82) is 0 Å². The number of methoxy groups -OCH3 is 1. The normalized spacial score (nSPS) is 22.5. The Morgan fingerprint density at radius 1 is 1.05 bits per heavy atom. The van der Waals surface area contributed by atoms with Gasteiger partial charge in [0, 0.05) is 34.9 Å². The van der Waals surface area contributed by atoms with Gasteiger partial charge in [0.25, 0.3) is 5.91 Å². The molecular formula is C27H28F3N3O4S. The number of sulfone groups is 1. The molecule has 0 bridgehead atoms. The fourth-order valence-corrected chi connectivity index (χ4v) is 6.77. The van der Waals surface area contributed by atoms with E-state index in [1.165, 1.54) is 18.3 Å². The van der Waals surface area contributed by atoms with Gasteiger partial charge in [-0.3, -0.25) is 4.79 Å². The van der Waals surface area contributed by atoms with Crippen molar-refractivity contribution < 1.29 is 31.1 Å². The van der Waals surface area contributed by atoms with Crippen molar-refractivity contribution in [2.45, 2.75) is 37.3 Å². The van der Waals surface area contributed by atoms with E-state index < -0.39 is 38.4 Å². The van der Waals surface area contributed by atoms with Gasteiger partial charge in [-0.25, -0.2) is 13.4 Å². The molecule has 38 heavy (non-hydrogen) atoms. The summed E-state index contributed by atoms with van der Waals surface area (Å²) in [5, 5.41) is 0. The number of rotatable bonds is 6. The van der Waals surface area contributed by atoms with E-state index in [0.29, 0.717) is 30.0 Å². The molecule has 1 spiro atoms. The molecule has 2 aromatic carbocycles. The number of carbonyl (C=O) groups is 1. The monoisotopic (exact) mass is 547 g/mol. The molecule has 2 N–H and O–H groups in total. The predicted octanol–water partition coefficient (Wildman–Crippen LogP) is 4.45. The van der Waals surface area contributed by atoms with Crippen molar-refractivity contribution in [1.82, 2.24) is 0 Å². The highest BCUT2D eigenvalue weighted by molar-refractivity contribution is 7.90. The van der Waals surface area contributed by atoms with Crippen LogP contribution in [0, 0.1) is 5.41 Å². The number of carbonyl (C=O) groups excluding carboxylic acids is 1. The van der Waals surface area contributed by atoms with Crippen molar-refractivity contribution in [3.05, 3.63) is 65.4 Å². The standard InChI is InChI=1S/C27H28F3N3O4S/c1-37-20-9-5-18(6-10-20)32-22-21(23(31)27(28,29)30)25(11-12-25)15-33(24(22)34)19-7-3-17(4-8-19)26(13-14-26)16-38(2,35)36/h3-10H,11-16,31H2,1-2H3. The number of anilines is 1. The van der Waals surface area contributed by atoms with E-state index >= 15 is 0 Å². The van der Waals surface area contributed by atoms with Gasteiger partial charge >= 0.3 is 6.18 Å². The lowest BCUT2D eigenvalue weighted by Crippen LogP contribution is -2.50. The van der Waals surface area contributed by atoms with Crippen molar-refractivity contribution in [2.24, 2.45) is 16.1 Å². The lowest BCUT2D eigenvalue weighted by Gasteiger charge is -2.37. The van der Waals surface area contributed by atoms with E-state index in [-0.39, 0.29) is 23.6 Å². The van der Waals surface area contributed by atoms with Crippen LogP contribution in [0.3, 0.4) is 0 Å². The highest BCUT2D eigenvalue weighted by Crippen LogP contribution is 2.57. The molecule has 1 aliphatic heterocycles. The number of nitrogens with zero attached hydrogens (tertiary/aromatic N) is 2. The summed E-state index contributed by atoms with van der Waals surface area (Å²) in [5.74, 6) is -0.0843. The summed E-state index contributed by atoms with van der Waals surface area (Å²) in [6.45, 7) is 0.0490. The summed E-state index contributed by atoms with van der Waals surface area (Å²) in [6, 6.07) is 13.4. The SMILES string of the molecule is COc1ccc(N=C2C(=O)N(c3ccc(C4(CS(C)(=O)=O)CC4)cc3)CC3(CC3)C2=C(N)C(F)(F)F)cc1. The van der Waals surface area contributed by atoms with Crippen molar-refractivity contribution in [3.8, 4) is 5.75 Å². The largest absolute Gasteiger partial charge is 0.497 e. The summed E-state index contributed by atoms with van der Waals surface area (Å²) in [6.07, 6.45) is -1.19. The second-order valence-electron chi connectivity index (χ2n) is 10.5. The first-order valence-corrected chi connectivity index (χ1v) is 14.2. The molecule has 1 saturated heterocycles. The molecule has 1 amide bonds. The summed E-state index contributed by atoms with van der Waals surface area (Å²) < 4.78 is 70.4. The molecule has 2 aliphatic carbocycles. The Bertz CT molecular complexity index is 1440. The lowest BCUT2D eigenvalue weighted by molar-refractivity contribution is -0.113. The van der Waals surface area contributed by atoms with E-state index in [9.17, 15) is 26.4 Å². The maximum absolute atomic E-state index is 13.8. The minimum absolute atomic E-state index is 0.0490. The number of aliphatic imine (C=N–C) groups is 1. The zero-order valence-electron chi connectivity index (χ0n) is 21.0. The van der Waals surface area contributed by atoms with Crippen LogP contribution in [-0.4, -0.2) is 51.9 Å². The minimum atomic E-state index is -4.81. The number of amides is 1. The average Bonchev–Trinajstić information content (AvgIpc) is 3.78. The van der Waals surface area contributed by atoms with Crippen LogP contribution >= 0.6 is 0 Å². The number of halogens is 3. The molecule has 1 heterocycles. The average molecular weight is 548 g/mol. The molecule has 2 saturated carbocycles. The second kappa shape index (κ2) is 8.86. The van der Waals surface area contributed by atoms with E-state index in [0.717, 1.165) is 18.4 Å². The van der Waals surface area contributed by atoms with Gasteiger partial charge in [-0.2, -0.15) is 13.2 Å². The second-order valence-corrected chi connectivity index (χ2v) is 12.7. The molecule has 0 aromatic heterocycles. The topological polar surface area (TPSA) is 102 Å². The highest BCUT2D eigenvalue weighted by Gasteiger charge is 2.58. The number of alkyl halides is 3. The third-order valence-electron chi connectivity index (χ3n) is 7.60. The maximum atomic E-state index is 13.8. The van der Waals surface area contributed by atoms with Gasteiger partial charge in [-0.1, -0.05) is 12.1 Å². The Balaban J connectivity index is 1.55. The van der Waals surface area contributed by atoms with Crippen LogP contribution in [-0.2, 0) is 20.0 Å². The highest BCUT2D eigenvalue weighted by atomic mass is 32.2. The van der Waals surface area contributed by atoms with E-state index in [2.05, 4.69) is 4.99 Å². The first-order chi connectivity index (χ1) is 17.8. The molecule has 0 radical (unpaired) electrons. The third-order valence-corrected chi connectivity index (χ3v) is 8.68. The molecule has 3 aliphatic rings. The Hall–Kier alpha value is -3.34. The van der Waals surface area contributed by atoms with Crippen LogP contribution in [0.25, 0.3) is 0 Å². The number of hydrogen-bond acceptors (Lipinski definition) is 6. The molecule has 5 rings (SSSR count). The van der Waals surface area contributed by atoms with Crippen LogP contribution in [0.15, 0.2) is 64.8 Å². The Morgan fingerprint density at radius 2 is 1.66 bits per heavy atom. The molecule has 7 nitrogen and oxygen atoms in total. The van der Waals surface area contributed by atoms with Gasteiger partial charge in [0.1, 0.15) is 27.0 Å². The number of benzene rings is 2. The Morgan fingerprint density at radius 3 is 2.13 bits per heavy atom. The minimum Gasteiger partial charge on any atom is -0.497 e. The Kier molecular flexibility index (Phi) is 6.13. The number of allylic oxidation sites excluding steroid dienone is 1. The van der Waals surface area contributed by atoms with Crippen LogP contribution in [0.4, 0.5) is 24.5 Å². The number of ether oxygens (including phenoxy) is 1. The molecular weight excluding hydrogens is 519 g/mol. The van der Waals surface area contributed by atoms with Gasteiger partial charge in [0.2, 0.25) is 0 Å². The summed E-state index contributed by atoms with van der Waals surface area (Å²) in [5.41, 5.74) is 4.08. The van der Waals surface area contributed by atoms with E-state index in [4.69, 9.17) is 10.5 Å². The zero-order valence-corrected chi connectivity index (χ0v) is 21.8. The smallest absolute Gasteiger partial charge is 0.431 e. The number of piperidine rings is 1. The van der Waals surface area contributed by atoms with Gasteiger partial charge in [-0.15, -0.1) is 0 Å². The fraction of sp³-hybridized carbons (Fsp3) is 0.407. The molecule has 202 valence electrons. The van der Waals surface area contributed by atoms with E-state index in [1.54, 1.807) is 48.5 Å². The van der Waals surface area contributed by atoms with Crippen molar-refractivity contribution in [3.63, 3.8) is 0 Å². The van der Waals surface area contributed by atoms with Crippen LogP contribution in [0.1, 0.15) is 31.2 Å². The maximum Gasteiger partial charge on any atom is 0.431 e. The quantitative estimate of drug-likeness (QED) is 0.576. The number of nitrogens with two attached hydrogens (primary N) is 1. The molecule has 0 atom stereocenters. The van der Waals surface area contributed by atoms with Crippen LogP contribution in [0.2, 0.25) is 0 Å². The summed E-state index contributed by atoms with van der Waals surface area (Å²) >= 11 is 0. The van der Waals surface area contributed by atoms with Gasteiger partial charge in [-0.05, 0) is 67.6 Å². The van der Waals surface area contributed by atoms with Crippen LogP contribution in [0.5, 0.6) is 5.75 Å². The van der Waals surface area contributed by atoms with Crippen LogP contribution < -0.4 is 15.4 Å². The molecule has 3 fully saturated rings. The molecule has 0 unspecified atom stereocenters. The number of hydrogen-bond donors (Lipinski definition) is 1. The lowest BCUT2D eigenvalue weighted by atomic mass is 9.84. The van der Waals surface area contributed by atoms with Crippen molar-refractivity contribution >= 4 is 32.8 Å². The van der Waals surface area contributed by atoms with Crippen molar-refractivity contribution in [2.75, 3.05) is 30.6 Å². The van der Waals surface area contributed by atoms with Gasteiger partial charge in [0.15, 0.2) is 0 Å². The predicted molar refractivity (Wildman–Crippen MR) is 138 cm³/mol.